The first kappa shape index (κ1) is 15.7. The Morgan fingerprint density at radius 1 is 1.33 bits per heavy atom. The minimum Gasteiger partial charge on any atom is -0.395 e. The van der Waals surface area contributed by atoms with Crippen LogP contribution in [0.25, 0.3) is 0 Å². The van der Waals surface area contributed by atoms with E-state index in [-0.39, 0.29) is 41.9 Å². The molecule has 0 bridgehead atoms. The first-order valence-corrected chi connectivity index (χ1v) is 8.09. The third kappa shape index (κ3) is 3.33. The lowest BCUT2D eigenvalue weighted by Gasteiger charge is -2.31. The predicted molar refractivity (Wildman–Crippen MR) is 76.1 cm³/mol. The quantitative estimate of drug-likeness (QED) is 0.797. The van der Waals surface area contributed by atoms with Gasteiger partial charge in [0.1, 0.15) is 10.7 Å². The van der Waals surface area contributed by atoms with Crippen LogP contribution in [0.3, 0.4) is 0 Å². The summed E-state index contributed by atoms with van der Waals surface area (Å²) in [4.78, 5) is 10.7. The van der Waals surface area contributed by atoms with Crippen molar-refractivity contribution < 1.29 is 17.6 Å². The largest absolute Gasteiger partial charge is 0.395 e. The average Bonchev–Trinajstić information content (AvgIpc) is 2.41. The number of benzene rings is 1. The van der Waals surface area contributed by atoms with Crippen molar-refractivity contribution in [3.8, 4) is 0 Å². The van der Waals surface area contributed by atoms with Crippen molar-refractivity contribution in [2.75, 3.05) is 18.8 Å². The van der Waals surface area contributed by atoms with E-state index < -0.39 is 15.8 Å². The lowest BCUT2D eigenvalue weighted by atomic mass is 9.94. The zero-order chi connectivity index (χ0) is 15.6. The zero-order valence-electron chi connectivity index (χ0n) is 11.5. The molecule has 1 fully saturated rings. The summed E-state index contributed by atoms with van der Waals surface area (Å²) in [6, 6.07) is 3.73. The Bertz CT molecular complexity index is 640. The molecule has 0 spiro atoms. The molecule has 0 aromatic heterocycles. The second-order valence-electron chi connectivity index (χ2n) is 5.17. The Balaban J connectivity index is 2.15. The predicted octanol–water partition coefficient (Wildman–Crippen LogP) is 0.684. The number of sulfonamides is 1. The Labute approximate surface area is 123 Å². The Kier molecular flexibility index (Phi) is 4.48. The highest BCUT2D eigenvalue weighted by atomic mass is 32.2. The number of primary amides is 1. The molecule has 1 aromatic rings. The molecular weight excluding hydrogens is 297 g/mol. The third-order valence-electron chi connectivity index (χ3n) is 3.69. The number of piperidine rings is 1. The van der Waals surface area contributed by atoms with E-state index in [0.29, 0.717) is 12.8 Å². The first-order chi connectivity index (χ1) is 9.82. The van der Waals surface area contributed by atoms with E-state index in [2.05, 4.69) is 0 Å². The van der Waals surface area contributed by atoms with E-state index >= 15 is 0 Å². The molecule has 0 unspecified atom stereocenters. The van der Waals surface area contributed by atoms with E-state index in [9.17, 15) is 17.6 Å². The summed E-state index contributed by atoms with van der Waals surface area (Å²) in [5, 5.41) is 0. The molecule has 0 radical (unpaired) electrons. The number of nitrogens with two attached hydrogens (primary N) is 2. The minimum atomic E-state index is -3.81. The van der Waals surface area contributed by atoms with Crippen molar-refractivity contribution in [1.29, 1.82) is 0 Å². The lowest BCUT2D eigenvalue weighted by molar-refractivity contribution is -0.119. The fraction of sp³-hybridized carbons (Fsp3) is 0.462. The van der Waals surface area contributed by atoms with E-state index in [4.69, 9.17) is 11.5 Å². The van der Waals surface area contributed by atoms with Gasteiger partial charge in [0.15, 0.2) is 0 Å². The van der Waals surface area contributed by atoms with Crippen molar-refractivity contribution in [3.63, 3.8) is 0 Å². The summed E-state index contributed by atoms with van der Waals surface area (Å²) in [5.74, 6) is -1.04. The zero-order valence-corrected chi connectivity index (χ0v) is 12.3. The van der Waals surface area contributed by atoms with Crippen LogP contribution in [0, 0.1) is 11.7 Å². The summed E-state index contributed by atoms with van der Waals surface area (Å²) < 4.78 is 39.6. The molecular formula is C13H18FN3O3S. The van der Waals surface area contributed by atoms with Gasteiger partial charge >= 0.3 is 0 Å². The van der Waals surface area contributed by atoms with Crippen molar-refractivity contribution in [1.82, 2.24) is 4.31 Å². The molecule has 8 heteroatoms. The van der Waals surface area contributed by atoms with Gasteiger partial charge in [-0.05, 0) is 30.9 Å². The number of para-hydroxylation sites is 1. The van der Waals surface area contributed by atoms with Gasteiger partial charge in [-0.15, -0.1) is 0 Å². The lowest BCUT2D eigenvalue weighted by Crippen LogP contribution is -2.39. The molecule has 21 heavy (non-hydrogen) atoms. The maximum Gasteiger partial charge on any atom is 0.245 e. The van der Waals surface area contributed by atoms with Crippen LogP contribution >= 0.6 is 0 Å². The first-order valence-electron chi connectivity index (χ1n) is 6.65. The monoisotopic (exact) mass is 315 g/mol. The molecule has 1 amide bonds. The molecule has 2 rings (SSSR count). The van der Waals surface area contributed by atoms with Crippen molar-refractivity contribution >= 4 is 21.6 Å². The summed E-state index contributed by atoms with van der Waals surface area (Å²) in [7, 11) is -3.81. The van der Waals surface area contributed by atoms with Gasteiger partial charge in [-0.3, -0.25) is 4.79 Å². The van der Waals surface area contributed by atoms with Crippen molar-refractivity contribution in [2.45, 2.75) is 24.2 Å². The van der Waals surface area contributed by atoms with E-state index in [0.717, 1.165) is 6.07 Å². The molecule has 0 atom stereocenters. The molecule has 116 valence electrons. The molecule has 1 saturated heterocycles. The summed E-state index contributed by atoms with van der Waals surface area (Å²) in [6.07, 6.45) is 1.37. The van der Waals surface area contributed by atoms with Crippen LogP contribution < -0.4 is 11.5 Å². The highest BCUT2D eigenvalue weighted by Gasteiger charge is 2.31. The molecule has 0 saturated carbocycles. The number of halogens is 1. The standard InChI is InChI=1S/C13H18FN3O3S/c14-10-2-1-3-11(13(10)16)21(19,20)17-6-4-9(5-7-17)8-12(15)18/h1-3,9H,4-8,16H2,(H2,15,18). The molecule has 6 nitrogen and oxygen atoms in total. The number of anilines is 1. The number of amides is 1. The average molecular weight is 315 g/mol. The number of rotatable bonds is 4. The normalized spacial score (nSPS) is 17.8. The Hall–Kier alpha value is -1.67. The molecule has 1 aliphatic rings. The van der Waals surface area contributed by atoms with Gasteiger partial charge in [0.05, 0.1) is 5.69 Å². The third-order valence-corrected chi connectivity index (χ3v) is 5.65. The summed E-state index contributed by atoms with van der Waals surface area (Å²) in [5.41, 5.74) is 10.3. The topological polar surface area (TPSA) is 106 Å². The maximum absolute atomic E-state index is 13.4. The molecule has 4 N–H and O–H groups in total. The Morgan fingerprint density at radius 2 is 1.95 bits per heavy atom. The number of carbonyl (C=O) groups is 1. The molecule has 1 aromatic carbocycles. The van der Waals surface area contributed by atoms with Crippen LogP contribution in [0.1, 0.15) is 19.3 Å². The smallest absolute Gasteiger partial charge is 0.245 e. The van der Waals surface area contributed by atoms with E-state index in [1.807, 2.05) is 0 Å². The van der Waals surface area contributed by atoms with Gasteiger partial charge in [-0.1, -0.05) is 6.07 Å². The number of nitrogens with zero attached hydrogens (tertiary/aromatic N) is 1. The van der Waals surface area contributed by atoms with Gasteiger partial charge in [0.2, 0.25) is 15.9 Å². The van der Waals surface area contributed by atoms with Crippen LogP contribution in [0.2, 0.25) is 0 Å². The number of carbonyl (C=O) groups excluding carboxylic acids is 1. The van der Waals surface area contributed by atoms with Gasteiger partial charge < -0.3 is 11.5 Å². The molecule has 1 heterocycles. The highest BCUT2D eigenvalue weighted by molar-refractivity contribution is 7.89. The second-order valence-corrected chi connectivity index (χ2v) is 7.08. The van der Waals surface area contributed by atoms with Gasteiger partial charge in [-0.25, -0.2) is 12.8 Å². The van der Waals surface area contributed by atoms with E-state index in [1.165, 1.54) is 16.4 Å². The number of hydrogen-bond acceptors (Lipinski definition) is 4. The van der Waals surface area contributed by atoms with Crippen LogP contribution in [0.15, 0.2) is 23.1 Å². The van der Waals surface area contributed by atoms with Crippen molar-refractivity contribution in [3.05, 3.63) is 24.0 Å². The second kappa shape index (κ2) is 5.98. The van der Waals surface area contributed by atoms with E-state index in [1.54, 1.807) is 0 Å². The SMILES string of the molecule is NC(=O)CC1CCN(S(=O)(=O)c2cccc(F)c2N)CC1. The summed E-state index contributed by atoms with van der Waals surface area (Å²) >= 11 is 0. The highest BCUT2D eigenvalue weighted by Crippen LogP contribution is 2.29. The fourth-order valence-corrected chi connectivity index (χ4v) is 4.12. The minimum absolute atomic E-state index is 0.0961. The van der Waals surface area contributed by atoms with Gasteiger partial charge in [-0.2, -0.15) is 4.31 Å². The molecule has 1 aliphatic heterocycles. The maximum atomic E-state index is 13.4. The fourth-order valence-electron chi connectivity index (χ4n) is 2.52. The number of hydrogen-bond donors (Lipinski definition) is 2. The van der Waals surface area contributed by atoms with Crippen LogP contribution in [0.5, 0.6) is 0 Å². The Morgan fingerprint density at radius 3 is 2.52 bits per heavy atom. The van der Waals surface area contributed by atoms with Gasteiger partial charge in [0.25, 0.3) is 0 Å². The van der Waals surface area contributed by atoms with Crippen molar-refractivity contribution in [2.24, 2.45) is 11.7 Å². The van der Waals surface area contributed by atoms with Crippen LogP contribution in [0.4, 0.5) is 10.1 Å². The van der Waals surface area contributed by atoms with Crippen LogP contribution in [-0.4, -0.2) is 31.7 Å². The number of nitrogen functional groups attached to an aromatic ring is 1. The van der Waals surface area contributed by atoms with Gasteiger partial charge in [0, 0.05) is 19.5 Å². The molecule has 0 aliphatic carbocycles. The van der Waals surface area contributed by atoms with Crippen LogP contribution in [-0.2, 0) is 14.8 Å². The summed E-state index contributed by atoms with van der Waals surface area (Å²) in [6.45, 7) is 0.548.